The van der Waals surface area contributed by atoms with Crippen LogP contribution in [0, 0.1) is 23.2 Å². The van der Waals surface area contributed by atoms with Crippen LogP contribution < -0.4 is 15.0 Å². The fourth-order valence-corrected chi connectivity index (χ4v) is 6.99. The Morgan fingerprint density at radius 3 is 2.03 bits per heavy atom. The van der Waals surface area contributed by atoms with E-state index in [0.29, 0.717) is 46.0 Å². The molecular formula is C26H26N2O4. The summed E-state index contributed by atoms with van der Waals surface area (Å²) in [5.41, 5.74) is 1.54. The van der Waals surface area contributed by atoms with Gasteiger partial charge in [0, 0.05) is 6.07 Å². The zero-order valence-corrected chi connectivity index (χ0v) is 18.1. The number of carbonyl (C=O) groups is 3. The second-order valence-electron chi connectivity index (χ2n) is 10.0. The van der Waals surface area contributed by atoms with Gasteiger partial charge in [0.05, 0.1) is 35.0 Å². The molecule has 1 N–H and O–H groups in total. The fraction of sp³-hybridized carbons (Fsp3) is 0.423. The number of benzene rings is 2. The summed E-state index contributed by atoms with van der Waals surface area (Å²) in [6.45, 7) is 0. The second kappa shape index (κ2) is 6.92. The van der Waals surface area contributed by atoms with Gasteiger partial charge in [-0.25, -0.2) is 4.90 Å². The molecule has 0 radical (unpaired) electrons. The highest BCUT2D eigenvalue weighted by atomic mass is 16.5. The van der Waals surface area contributed by atoms with Gasteiger partial charge in [0.25, 0.3) is 11.8 Å². The van der Waals surface area contributed by atoms with Crippen molar-refractivity contribution in [2.24, 2.45) is 23.2 Å². The molecular weight excluding hydrogens is 404 g/mol. The number of ether oxygens (including phenoxy) is 1. The van der Waals surface area contributed by atoms with Crippen molar-refractivity contribution in [3.63, 3.8) is 0 Å². The Hall–Kier alpha value is -3.15. The van der Waals surface area contributed by atoms with Gasteiger partial charge < -0.3 is 10.1 Å². The summed E-state index contributed by atoms with van der Waals surface area (Å²) >= 11 is 0. The highest BCUT2D eigenvalue weighted by molar-refractivity contribution is 6.34. The quantitative estimate of drug-likeness (QED) is 0.717. The van der Waals surface area contributed by atoms with Crippen molar-refractivity contribution in [2.45, 2.75) is 38.5 Å². The van der Waals surface area contributed by atoms with E-state index in [2.05, 4.69) is 5.32 Å². The van der Waals surface area contributed by atoms with Crippen LogP contribution in [0.3, 0.4) is 0 Å². The Morgan fingerprint density at radius 2 is 1.50 bits per heavy atom. The average molecular weight is 431 g/mol. The molecule has 1 aliphatic heterocycles. The number of carbonyl (C=O) groups excluding carboxylic acids is 3. The van der Waals surface area contributed by atoms with Crippen molar-refractivity contribution in [3.8, 4) is 5.75 Å². The van der Waals surface area contributed by atoms with Crippen molar-refractivity contribution in [3.05, 3.63) is 53.6 Å². The standard InChI is InChI=1S/C26H26N2O4/c1-32-22-11-18(28-23(29)19-4-2-3-5-20(19)24(28)30)6-7-21(22)27-25(31)26-12-15-8-16(13-26)10-17(9-15)14-26/h2-7,11,15-17H,8-10,12-14H2,1H3,(H,27,31). The van der Waals surface area contributed by atoms with E-state index in [1.54, 1.807) is 42.5 Å². The largest absolute Gasteiger partial charge is 0.494 e. The first-order valence-corrected chi connectivity index (χ1v) is 11.4. The molecule has 32 heavy (non-hydrogen) atoms. The van der Waals surface area contributed by atoms with Crippen LogP contribution in [-0.2, 0) is 4.79 Å². The molecule has 6 nitrogen and oxygen atoms in total. The Kier molecular flexibility index (Phi) is 4.23. The molecule has 4 fully saturated rings. The minimum absolute atomic E-state index is 0.0865. The summed E-state index contributed by atoms with van der Waals surface area (Å²) in [4.78, 5) is 40.3. The van der Waals surface area contributed by atoms with Crippen LogP contribution in [-0.4, -0.2) is 24.8 Å². The van der Waals surface area contributed by atoms with Gasteiger partial charge in [-0.05, 0) is 80.5 Å². The molecule has 164 valence electrons. The van der Waals surface area contributed by atoms with Gasteiger partial charge in [-0.1, -0.05) is 12.1 Å². The lowest BCUT2D eigenvalue weighted by molar-refractivity contribution is -0.140. The number of imide groups is 1. The number of hydrogen-bond donors (Lipinski definition) is 1. The summed E-state index contributed by atoms with van der Waals surface area (Å²) in [7, 11) is 1.53. The maximum Gasteiger partial charge on any atom is 0.266 e. The van der Waals surface area contributed by atoms with Gasteiger partial charge in [-0.15, -0.1) is 0 Å². The summed E-state index contributed by atoms with van der Waals surface area (Å²) in [6.07, 6.45) is 6.81. The number of fused-ring (bicyclic) bond motifs is 1. The topological polar surface area (TPSA) is 75.7 Å². The van der Waals surface area contributed by atoms with Gasteiger partial charge in [0.15, 0.2) is 0 Å². The summed E-state index contributed by atoms with van der Waals surface area (Å²) in [5.74, 6) is 1.89. The van der Waals surface area contributed by atoms with E-state index < -0.39 is 0 Å². The first kappa shape index (κ1) is 19.5. The molecule has 7 rings (SSSR count). The Morgan fingerprint density at radius 1 is 0.938 bits per heavy atom. The molecule has 0 unspecified atom stereocenters. The van der Waals surface area contributed by atoms with Gasteiger partial charge >= 0.3 is 0 Å². The van der Waals surface area contributed by atoms with Crippen LogP contribution in [0.1, 0.15) is 59.2 Å². The van der Waals surface area contributed by atoms with Gasteiger partial charge in [0.2, 0.25) is 5.91 Å². The third kappa shape index (κ3) is 2.81. The molecule has 0 saturated heterocycles. The predicted molar refractivity (Wildman–Crippen MR) is 120 cm³/mol. The van der Waals surface area contributed by atoms with Gasteiger partial charge in [-0.3, -0.25) is 14.4 Å². The van der Waals surface area contributed by atoms with E-state index >= 15 is 0 Å². The van der Waals surface area contributed by atoms with Crippen molar-refractivity contribution in [1.82, 2.24) is 0 Å². The molecule has 4 saturated carbocycles. The lowest BCUT2D eigenvalue weighted by Gasteiger charge is -2.55. The molecule has 2 aromatic carbocycles. The van der Waals surface area contributed by atoms with Crippen LogP contribution in [0.15, 0.2) is 42.5 Å². The number of nitrogens with one attached hydrogen (secondary N) is 1. The zero-order valence-electron chi connectivity index (χ0n) is 18.1. The number of anilines is 2. The van der Waals surface area contributed by atoms with Crippen molar-refractivity contribution in [2.75, 3.05) is 17.3 Å². The van der Waals surface area contributed by atoms with Crippen molar-refractivity contribution in [1.29, 1.82) is 0 Å². The third-order valence-electron chi connectivity index (χ3n) is 8.01. The Labute approximate surface area is 186 Å². The number of nitrogens with zero attached hydrogens (tertiary/aromatic N) is 1. The summed E-state index contributed by atoms with van der Waals surface area (Å²) in [5, 5.41) is 3.12. The molecule has 1 heterocycles. The highest BCUT2D eigenvalue weighted by Crippen LogP contribution is 2.60. The molecule has 3 amide bonds. The van der Waals surface area contributed by atoms with E-state index in [9.17, 15) is 14.4 Å². The summed E-state index contributed by atoms with van der Waals surface area (Å²) < 4.78 is 5.55. The maximum atomic E-state index is 13.4. The molecule has 0 spiro atoms. The molecule has 4 bridgehead atoms. The fourth-order valence-electron chi connectivity index (χ4n) is 6.99. The van der Waals surface area contributed by atoms with Crippen LogP contribution in [0.2, 0.25) is 0 Å². The van der Waals surface area contributed by atoms with E-state index in [1.165, 1.54) is 26.4 Å². The lowest BCUT2D eigenvalue weighted by Crippen LogP contribution is -2.51. The highest BCUT2D eigenvalue weighted by Gasteiger charge is 2.54. The Balaban J connectivity index is 1.27. The maximum absolute atomic E-state index is 13.4. The third-order valence-corrected chi connectivity index (χ3v) is 8.01. The second-order valence-corrected chi connectivity index (χ2v) is 10.0. The predicted octanol–water partition coefficient (Wildman–Crippen LogP) is 4.65. The molecule has 5 aliphatic rings. The number of hydrogen-bond acceptors (Lipinski definition) is 4. The molecule has 4 aliphatic carbocycles. The minimum atomic E-state index is -0.349. The Bertz CT molecular complexity index is 1080. The molecule has 2 aromatic rings. The number of amides is 3. The van der Waals surface area contributed by atoms with Gasteiger partial charge in [-0.2, -0.15) is 0 Å². The summed E-state index contributed by atoms with van der Waals surface area (Å²) in [6, 6.07) is 11.9. The first-order valence-electron chi connectivity index (χ1n) is 11.4. The lowest BCUT2D eigenvalue weighted by atomic mass is 9.49. The first-order chi connectivity index (χ1) is 15.5. The SMILES string of the molecule is COc1cc(N2C(=O)c3ccccc3C2=O)ccc1NC(=O)C12CC3CC(CC(C3)C1)C2. The zero-order chi connectivity index (χ0) is 22.0. The van der Waals surface area contributed by atoms with Crippen LogP contribution >= 0.6 is 0 Å². The van der Waals surface area contributed by atoms with Crippen molar-refractivity contribution >= 4 is 29.1 Å². The monoisotopic (exact) mass is 430 g/mol. The number of rotatable bonds is 4. The number of methoxy groups -OCH3 is 1. The van der Waals surface area contributed by atoms with Gasteiger partial charge in [0.1, 0.15) is 5.75 Å². The van der Waals surface area contributed by atoms with Crippen LogP contribution in [0.4, 0.5) is 11.4 Å². The molecule has 0 atom stereocenters. The average Bonchev–Trinajstić information content (AvgIpc) is 3.03. The van der Waals surface area contributed by atoms with Crippen molar-refractivity contribution < 1.29 is 19.1 Å². The van der Waals surface area contributed by atoms with E-state index in [1.807, 2.05) is 0 Å². The minimum Gasteiger partial charge on any atom is -0.494 e. The van der Waals surface area contributed by atoms with E-state index in [-0.39, 0.29) is 23.1 Å². The molecule has 6 heteroatoms. The normalized spacial score (nSPS) is 29.9. The van der Waals surface area contributed by atoms with E-state index in [0.717, 1.165) is 24.2 Å². The smallest absolute Gasteiger partial charge is 0.266 e. The molecule has 0 aromatic heterocycles. The van der Waals surface area contributed by atoms with Crippen LogP contribution in [0.25, 0.3) is 0 Å². The van der Waals surface area contributed by atoms with E-state index in [4.69, 9.17) is 4.74 Å². The van der Waals surface area contributed by atoms with Crippen LogP contribution in [0.5, 0.6) is 5.75 Å².